The molecule has 3 nitrogen and oxygen atoms in total. The van der Waals surface area contributed by atoms with Crippen LogP contribution in [-0.4, -0.2) is 18.2 Å². The highest BCUT2D eigenvalue weighted by molar-refractivity contribution is 5.89. The van der Waals surface area contributed by atoms with Gasteiger partial charge in [-0.25, -0.2) is 4.79 Å². The number of carbonyl (C=O) groups excluding carboxylic acids is 1. The Morgan fingerprint density at radius 3 is 2.75 bits per heavy atom. The number of unbranched alkanes of at least 4 members (excludes halogenated alkanes) is 2. The van der Waals surface area contributed by atoms with Crippen LogP contribution in [0.1, 0.15) is 42.1 Å². The fourth-order valence-electron chi connectivity index (χ4n) is 1.60. The Bertz CT molecular complexity index is 358. The summed E-state index contributed by atoms with van der Waals surface area (Å²) in [6, 6.07) is 4.83. The average molecular weight is 222 g/mol. The van der Waals surface area contributed by atoms with E-state index in [9.17, 15) is 9.90 Å². The molecule has 0 saturated carbocycles. The Labute approximate surface area is 96.1 Å². The van der Waals surface area contributed by atoms with Crippen molar-refractivity contribution in [2.75, 3.05) is 7.11 Å². The van der Waals surface area contributed by atoms with Gasteiger partial charge in [0, 0.05) is 0 Å². The van der Waals surface area contributed by atoms with Crippen molar-refractivity contribution in [3.8, 4) is 5.75 Å². The average Bonchev–Trinajstić information content (AvgIpc) is 2.31. The van der Waals surface area contributed by atoms with Gasteiger partial charge in [-0.05, 0) is 36.6 Å². The van der Waals surface area contributed by atoms with Crippen molar-refractivity contribution < 1.29 is 14.6 Å². The molecule has 0 saturated heterocycles. The third-order valence-corrected chi connectivity index (χ3v) is 2.55. The minimum absolute atomic E-state index is 0.253. The summed E-state index contributed by atoms with van der Waals surface area (Å²) < 4.78 is 4.64. The minimum Gasteiger partial charge on any atom is -0.508 e. The van der Waals surface area contributed by atoms with Gasteiger partial charge >= 0.3 is 5.97 Å². The predicted molar refractivity (Wildman–Crippen MR) is 62.7 cm³/mol. The molecule has 1 N–H and O–H groups in total. The minimum atomic E-state index is -0.364. The van der Waals surface area contributed by atoms with Crippen LogP contribution in [-0.2, 0) is 11.2 Å². The van der Waals surface area contributed by atoms with Crippen molar-refractivity contribution in [3.05, 3.63) is 29.3 Å². The Morgan fingerprint density at radius 1 is 1.38 bits per heavy atom. The molecule has 0 aliphatic rings. The monoisotopic (exact) mass is 222 g/mol. The molecule has 1 rings (SSSR count). The zero-order valence-electron chi connectivity index (χ0n) is 9.82. The van der Waals surface area contributed by atoms with Gasteiger partial charge in [0.1, 0.15) is 5.75 Å². The number of rotatable bonds is 5. The Morgan fingerprint density at radius 2 is 2.12 bits per heavy atom. The summed E-state index contributed by atoms with van der Waals surface area (Å²) in [6.45, 7) is 2.13. The second kappa shape index (κ2) is 6.16. The number of hydrogen-bond acceptors (Lipinski definition) is 3. The molecular formula is C13H18O3. The van der Waals surface area contributed by atoms with Gasteiger partial charge in [0.05, 0.1) is 12.7 Å². The molecule has 0 heterocycles. The summed E-state index contributed by atoms with van der Waals surface area (Å²) in [5.41, 5.74) is 1.31. The van der Waals surface area contributed by atoms with Crippen LogP contribution in [0.5, 0.6) is 5.75 Å². The lowest BCUT2D eigenvalue weighted by Crippen LogP contribution is -2.02. The Kier molecular flexibility index (Phi) is 4.83. The maximum absolute atomic E-state index is 11.3. The van der Waals surface area contributed by atoms with E-state index in [1.165, 1.54) is 7.11 Å². The normalized spacial score (nSPS) is 10.1. The van der Waals surface area contributed by atoms with E-state index in [4.69, 9.17) is 0 Å². The van der Waals surface area contributed by atoms with Crippen molar-refractivity contribution in [1.29, 1.82) is 0 Å². The molecule has 3 heteroatoms. The van der Waals surface area contributed by atoms with Crippen molar-refractivity contribution in [3.63, 3.8) is 0 Å². The van der Waals surface area contributed by atoms with E-state index in [1.807, 2.05) is 0 Å². The van der Waals surface area contributed by atoms with Crippen molar-refractivity contribution >= 4 is 5.97 Å². The number of aryl methyl sites for hydroxylation is 1. The lowest BCUT2D eigenvalue weighted by atomic mass is 10.0. The molecular weight excluding hydrogens is 204 g/mol. The fourth-order valence-corrected chi connectivity index (χ4v) is 1.60. The molecule has 0 aromatic heterocycles. The van der Waals surface area contributed by atoms with Gasteiger partial charge in [0.15, 0.2) is 0 Å². The Balaban J connectivity index is 2.78. The van der Waals surface area contributed by atoms with Gasteiger partial charge in [0.2, 0.25) is 0 Å². The van der Waals surface area contributed by atoms with Crippen LogP contribution in [0, 0.1) is 0 Å². The molecule has 16 heavy (non-hydrogen) atoms. The van der Waals surface area contributed by atoms with Crippen LogP contribution >= 0.6 is 0 Å². The topological polar surface area (TPSA) is 46.5 Å². The first-order valence-electron chi connectivity index (χ1n) is 5.59. The zero-order valence-corrected chi connectivity index (χ0v) is 9.82. The first-order chi connectivity index (χ1) is 7.69. The lowest BCUT2D eigenvalue weighted by Gasteiger charge is -2.06. The molecule has 1 aromatic carbocycles. The number of aromatic hydroxyl groups is 1. The first-order valence-corrected chi connectivity index (χ1v) is 5.59. The van der Waals surface area contributed by atoms with Crippen LogP contribution in [0.2, 0.25) is 0 Å². The molecule has 0 aliphatic heterocycles. The highest BCUT2D eigenvalue weighted by Crippen LogP contribution is 2.21. The second-order valence-electron chi connectivity index (χ2n) is 3.79. The van der Waals surface area contributed by atoms with Gasteiger partial charge in [-0.3, -0.25) is 0 Å². The van der Waals surface area contributed by atoms with Crippen LogP contribution in [0.4, 0.5) is 0 Å². The van der Waals surface area contributed by atoms with E-state index in [0.29, 0.717) is 5.56 Å². The summed E-state index contributed by atoms with van der Waals surface area (Å²) >= 11 is 0. The molecule has 1 aromatic rings. The van der Waals surface area contributed by atoms with Crippen LogP contribution in [0.25, 0.3) is 0 Å². The van der Waals surface area contributed by atoms with E-state index >= 15 is 0 Å². The van der Waals surface area contributed by atoms with Crippen LogP contribution < -0.4 is 0 Å². The summed E-state index contributed by atoms with van der Waals surface area (Å²) in [6.07, 6.45) is 4.08. The number of hydrogen-bond donors (Lipinski definition) is 1. The molecule has 0 atom stereocenters. The largest absolute Gasteiger partial charge is 0.508 e. The molecule has 0 spiro atoms. The summed E-state index contributed by atoms with van der Waals surface area (Å²) in [4.78, 5) is 11.3. The molecule has 0 radical (unpaired) electrons. The number of ether oxygens (including phenoxy) is 1. The van der Waals surface area contributed by atoms with E-state index in [2.05, 4.69) is 11.7 Å². The summed E-state index contributed by atoms with van der Waals surface area (Å²) in [7, 11) is 1.35. The Hall–Kier alpha value is -1.51. The van der Waals surface area contributed by atoms with Crippen LogP contribution in [0.15, 0.2) is 18.2 Å². The summed E-state index contributed by atoms with van der Waals surface area (Å²) in [5, 5.41) is 9.64. The van der Waals surface area contributed by atoms with E-state index in [0.717, 1.165) is 31.2 Å². The maximum atomic E-state index is 11.3. The summed E-state index contributed by atoms with van der Waals surface area (Å²) in [5.74, 6) is -0.111. The molecule has 0 aliphatic carbocycles. The number of benzene rings is 1. The molecule has 0 unspecified atom stereocenters. The quantitative estimate of drug-likeness (QED) is 0.615. The molecule has 0 fully saturated rings. The third kappa shape index (κ3) is 3.26. The van der Waals surface area contributed by atoms with Crippen molar-refractivity contribution in [2.45, 2.75) is 32.6 Å². The smallest absolute Gasteiger partial charge is 0.337 e. The van der Waals surface area contributed by atoms with Gasteiger partial charge in [-0.2, -0.15) is 0 Å². The number of carbonyl (C=O) groups is 1. The van der Waals surface area contributed by atoms with Gasteiger partial charge < -0.3 is 9.84 Å². The number of phenolic OH excluding ortho intramolecular Hbond substituents is 1. The fraction of sp³-hybridized carbons (Fsp3) is 0.462. The van der Waals surface area contributed by atoms with E-state index in [1.54, 1.807) is 18.2 Å². The predicted octanol–water partition coefficient (Wildman–Crippen LogP) is 2.91. The van der Waals surface area contributed by atoms with Crippen LogP contribution in [0.3, 0.4) is 0 Å². The zero-order chi connectivity index (χ0) is 12.0. The number of esters is 1. The molecule has 0 bridgehead atoms. The number of phenols is 1. The SMILES string of the molecule is CCCCCc1cc(C(=O)OC)ccc1O. The molecule has 88 valence electrons. The van der Waals surface area contributed by atoms with Gasteiger partial charge in [0.25, 0.3) is 0 Å². The van der Waals surface area contributed by atoms with Crippen molar-refractivity contribution in [1.82, 2.24) is 0 Å². The highest BCUT2D eigenvalue weighted by Gasteiger charge is 2.08. The second-order valence-corrected chi connectivity index (χ2v) is 3.79. The first kappa shape index (κ1) is 12.6. The van der Waals surface area contributed by atoms with Gasteiger partial charge in [-0.15, -0.1) is 0 Å². The van der Waals surface area contributed by atoms with E-state index in [-0.39, 0.29) is 11.7 Å². The maximum Gasteiger partial charge on any atom is 0.337 e. The molecule has 0 amide bonds. The standard InChI is InChI=1S/C13H18O3/c1-3-4-5-6-10-9-11(13(15)16-2)7-8-12(10)14/h7-9,14H,3-6H2,1-2H3. The van der Waals surface area contributed by atoms with Gasteiger partial charge in [-0.1, -0.05) is 19.8 Å². The number of methoxy groups -OCH3 is 1. The van der Waals surface area contributed by atoms with E-state index < -0.39 is 0 Å². The lowest BCUT2D eigenvalue weighted by molar-refractivity contribution is 0.0600. The van der Waals surface area contributed by atoms with Crippen molar-refractivity contribution in [2.24, 2.45) is 0 Å². The third-order valence-electron chi connectivity index (χ3n) is 2.55. The highest BCUT2D eigenvalue weighted by atomic mass is 16.5.